The minimum absolute atomic E-state index is 0.00576. The van der Waals surface area contributed by atoms with Crippen molar-refractivity contribution in [3.63, 3.8) is 0 Å². The molecule has 31 heavy (non-hydrogen) atoms. The lowest BCUT2D eigenvalue weighted by molar-refractivity contribution is -0.896. The molecule has 0 spiro atoms. The number of carbonyl (C=O) groups is 2. The van der Waals surface area contributed by atoms with Crippen molar-refractivity contribution in [2.24, 2.45) is 0 Å². The molecule has 0 aliphatic carbocycles. The van der Waals surface area contributed by atoms with E-state index in [0.29, 0.717) is 37.7 Å². The van der Waals surface area contributed by atoms with Gasteiger partial charge in [-0.05, 0) is 29.8 Å². The third-order valence-electron chi connectivity index (χ3n) is 5.63. The molecule has 8 nitrogen and oxygen atoms in total. The van der Waals surface area contributed by atoms with Crippen molar-refractivity contribution < 1.29 is 28.7 Å². The van der Waals surface area contributed by atoms with Crippen LogP contribution in [0.25, 0.3) is 0 Å². The van der Waals surface area contributed by atoms with Gasteiger partial charge in [0.15, 0.2) is 18.0 Å². The smallest absolute Gasteiger partial charge is 0.275 e. The monoisotopic (exact) mass is 426 g/mol. The second-order valence-corrected chi connectivity index (χ2v) is 7.74. The number of hydrogen-bond acceptors (Lipinski definition) is 5. The number of methoxy groups -OCH3 is 1. The molecule has 2 aliphatic rings. The molecular formula is C23H28N3O5+. The van der Waals surface area contributed by atoms with E-state index in [4.69, 9.17) is 14.2 Å². The molecule has 2 heterocycles. The van der Waals surface area contributed by atoms with E-state index < -0.39 is 6.10 Å². The Labute approximate surface area is 181 Å². The molecule has 0 aromatic heterocycles. The molecule has 1 atom stereocenters. The van der Waals surface area contributed by atoms with Gasteiger partial charge in [-0.15, -0.1) is 0 Å². The fraction of sp³-hybridized carbons (Fsp3) is 0.391. The molecule has 1 saturated heterocycles. The van der Waals surface area contributed by atoms with Crippen LogP contribution >= 0.6 is 0 Å². The van der Waals surface area contributed by atoms with Crippen molar-refractivity contribution in [3.05, 3.63) is 54.1 Å². The van der Waals surface area contributed by atoms with Crippen LogP contribution in [-0.4, -0.2) is 69.3 Å². The Morgan fingerprint density at radius 1 is 1.10 bits per heavy atom. The summed E-state index contributed by atoms with van der Waals surface area (Å²) in [6, 6.07) is 15.0. The lowest BCUT2D eigenvalue weighted by Crippen LogP contribution is -3.15. The maximum atomic E-state index is 12.8. The predicted octanol–water partition coefficient (Wildman–Crippen LogP) is -0.121. The zero-order valence-corrected chi connectivity index (χ0v) is 17.6. The lowest BCUT2D eigenvalue weighted by Gasteiger charge is -2.35. The van der Waals surface area contributed by atoms with Gasteiger partial charge < -0.3 is 29.3 Å². The molecule has 1 fully saturated rings. The second kappa shape index (κ2) is 9.70. The molecule has 2 aromatic rings. The summed E-state index contributed by atoms with van der Waals surface area (Å²) < 4.78 is 16.6. The Bertz CT molecular complexity index is 910. The minimum atomic E-state index is -0.621. The molecule has 4 rings (SSSR count). The van der Waals surface area contributed by atoms with E-state index in [1.54, 1.807) is 18.1 Å². The average molecular weight is 426 g/mol. The van der Waals surface area contributed by atoms with Gasteiger partial charge in [0.05, 0.1) is 33.3 Å². The zero-order chi connectivity index (χ0) is 21.6. The van der Waals surface area contributed by atoms with Crippen LogP contribution in [0.3, 0.4) is 0 Å². The molecule has 0 unspecified atom stereocenters. The highest BCUT2D eigenvalue weighted by atomic mass is 16.6. The summed E-state index contributed by atoms with van der Waals surface area (Å²) in [5.41, 5.74) is 1.02. The van der Waals surface area contributed by atoms with Gasteiger partial charge in [0, 0.05) is 6.54 Å². The number of hydrogen-bond donors (Lipinski definition) is 2. The average Bonchev–Trinajstić information content (AvgIpc) is 2.83. The predicted molar refractivity (Wildman–Crippen MR) is 113 cm³/mol. The first-order valence-corrected chi connectivity index (χ1v) is 10.5. The standard InChI is InChI=1S/C23H27N3O5/c1-29-18-8-6-17(7-9-18)14-24-22(27)15-25-10-12-26(13-11-25)23(28)21-16-30-19-4-2-3-5-20(19)31-21/h2-9,21H,10-16H2,1H3,(H,24,27)/p+1/t21-/m0/s1. The molecule has 8 heteroatoms. The highest BCUT2D eigenvalue weighted by Gasteiger charge is 2.34. The molecule has 0 radical (unpaired) electrons. The number of rotatable bonds is 6. The fourth-order valence-electron chi connectivity index (χ4n) is 3.80. The van der Waals surface area contributed by atoms with E-state index in [0.717, 1.165) is 24.4 Å². The number of fused-ring (bicyclic) bond motifs is 1. The number of carbonyl (C=O) groups excluding carboxylic acids is 2. The van der Waals surface area contributed by atoms with Crippen LogP contribution in [0, 0.1) is 0 Å². The first kappa shape index (κ1) is 21.0. The highest BCUT2D eigenvalue weighted by Crippen LogP contribution is 2.31. The van der Waals surface area contributed by atoms with E-state index in [9.17, 15) is 9.59 Å². The summed E-state index contributed by atoms with van der Waals surface area (Å²) in [5.74, 6) is 2.01. The molecule has 2 amide bonds. The molecule has 2 aromatic carbocycles. The Morgan fingerprint density at radius 3 is 2.52 bits per heavy atom. The first-order valence-electron chi connectivity index (χ1n) is 10.5. The Hall–Kier alpha value is -3.26. The Balaban J connectivity index is 1.19. The Kier molecular flexibility index (Phi) is 6.57. The highest BCUT2D eigenvalue weighted by molar-refractivity contribution is 5.82. The van der Waals surface area contributed by atoms with Gasteiger partial charge in [-0.1, -0.05) is 24.3 Å². The summed E-state index contributed by atoms with van der Waals surface area (Å²) in [6.45, 7) is 3.76. The second-order valence-electron chi connectivity index (χ2n) is 7.74. The van der Waals surface area contributed by atoms with Crippen molar-refractivity contribution in [1.29, 1.82) is 0 Å². The number of nitrogens with one attached hydrogen (secondary N) is 2. The molecular weight excluding hydrogens is 398 g/mol. The summed E-state index contributed by atoms with van der Waals surface area (Å²) in [6.07, 6.45) is -0.621. The largest absolute Gasteiger partial charge is 0.497 e. The first-order chi connectivity index (χ1) is 15.1. The molecule has 2 aliphatic heterocycles. The third kappa shape index (κ3) is 5.27. The van der Waals surface area contributed by atoms with Crippen LogP contribution in [0.1, 0.15) is 5.56 Å². The molecule has 164 valence electrons. The number of nitrogens with zero attached hydrogens (tertiary/aromatic N) is 1. The SMILES string of the molecule is COc1ccc(CNC(=O)C[NH+]2CCN(C(=O)[C@@H]3COc4ccccc4O3)CC2)cc1. The number of ether oxygens (including phenoxy) is 3. The van der Waals surface area contributed by atoms with Crippen LogP contribution in [0.4, 0.5) is 0 Å². The van der Waals surface area contributed by atoms with Gasteiger partial charge in [-0.3, -0.25) is 9.59 Å². The van der Waals surface area contributed by atoms with Gasteiger partial charge in [0.25, 0.3) is 11.8 Å². The van der Waals surface area contributed by atoms with Gasteiger partial charge in [0.2, 0.25) is 6.10 Å². The summed E-state index contributed by atoms with van der Waals surface area (Å²) in [7, 11) is 1.63. The normalized spacial score (nSPS) is 18.4. The summed E-state index contributed by atoms with van der Waals surface area (Å²) in [5, 5.41) is 2.96. The van der Waals surface area contributed by atoms with Gasteiger partial charge in [-0.25, -0.2) is 0 Å². The number of para-hydroxylation sites is 2. The van der Waals surface area contributed by atoms with Gasteiger partial charge >= 0.3 is 0 Å². The van der Waals surface area contributed by atoms with E-state index >= 15 is 0 Å². The molecule has 0 saturated carbocycles. The number of piperazine rings is 1. The quantitative estimate of drug-likeness (QED) is 0.673. The van der Waals surface area contributed by atoms with E-state index in [2.05, 4.69) is 5.32 Å². The molecule has 2 N–H and O–H groups in total. The minimum Gasteiger partial charge on any atom is -0.497 e. The topological polar surface area (TPSA) is 81.5 Å². The summed E-state index contributed by atoms with van der Waals surface area (Å²) in [4.78, 5) is 28.1. The third-order valence-corrected chi connectivity index (χ3v) is 5.63. The van der Waals surface area contributed by atoms with Crippen LogP contribution in [0.15, 0.2) is 48.5 Å². The number of amides is 2. The van der Waals surface area contributed by atoms with E-state index in [1.165, 1.54) is 4.90 Å². The van der Waals surface area contributed by atoms with Gasteiger partial charge in [-0.2, -0.15) is 0 Å². The van der Waals surface area contributed by atoms with Crippen LogP contribution in [-0.2, 0) is 16.1 Å². The van der Waals surface area contributed by atoms with Crippen molar-refractivity contribution in [1.82, 2.24) is 10.2 Å². The van der Waals surface area contributed by atoms with Crippen molar-refractivity contribution in [2.75, 3.05) is 46.4 Å². The Morgan fingerprint density at radius 2 is 1.81 bits per heavy atom. The number of benzene rings is 2. The van der Waals surface area contributed by atoms with Crippen molar-refractivity contribution in [3.8, 4) is 17.2 Å². The fourth-order valence-corrected chi connectivity index (χ4v) is 3.80. The maximum absolute atomic E-state index is 12.8. The van der Waals surface area contributed by atoms with Crippen molar-refractivity contribution >= 4 is 11.8 Å². The van der Waals surface area contributed by atoms with Crippen LogP contribution in [0.5, 0.6) is 17.2 Å². The van der Waals surface area contributed by atoms with E-state index in [-0.39, 0.29) is 18.4 Å². The zero-order valence-electron chi connectivity index (χ0n) is 17.6. The van der Waals surface area contributed by atoms with E-state index in [1.807, 2.05) is 42.5 Å². The van der Waals surface area contributed by atoms with Gasteiger partial charge in [0.1, 0.15) is 12.4 Å². The summed E-state index contributed by atoms with van der Waals surface area (Å²) >= 11 is 0. The number of quaternary nitrogens is 1. The molecule has 0 bridgehead atoms. The van der Waals surface area contributed by atoms with Crippen molar-refractivity contribution in [2.45, 2.75) is 12.6 Å². The van der Waals surface area contributed by atoms with Crippen LogP contribution in [0.2, 0.25) is 0 Å². The maximum Gasteiger partial charge on any atom is 0.275 e. The lowest BCUT2D eigenvalue weighted by atomic mass is 10.2. The van der Waals surface area contributed by atoms with Crippen LogP contribution < -0.4 is 24.4 Å².